The maximum absolute atomic E-state index is 10.9. The second-order valence-corrected chi connectivity index (χ2v) is 4.65. The molecule has 0 unspecified atom stereocenters. The minimum atomic E-state index is -0.432. The first kappa shape index (κ1) is 16.7. The summed E-state index contributed by atoms with van der Waals surface area (Å²) in [5, 5.41) is 8.69. The van der Waals surface area contributed by atoms with E-state index in [0.717, 1.165) is 4.47 Å². The lowest BCUT2D eigenvalue weighted by molar-refractivity contribution is -0.132. The zero-order chi connectivity index (χ0) is 12.1. The zero-order valence-corrected chi connectivity index (χ0v) is 12.9. The molecule has 1 aromatic carbocycles. The monoisotopic (exact) mass is 388 g/mol. The molecule has 1 rings (SSSR count). The summed E-state index contributed by atoms with van der Waals surface area (Å²) in [6.45, 7) is 1.33. The molecule has 0 atom stereocenters. The Balaban J connectivity index is 0.00000256. The molecular formula is C10H11Br2ClO4. The van der Waals surface area contributed by atoms with Crippen molar-refractivity contribution < 1.29 is 19.4 Å². The lowest BCUT2D eigenvalue weighted by atomic mass is 10.3. The van der Waals surface area contributed by atoms with Gasteiger partial charge < -0.3 is 14.6 Å². The van der Waals surface area contributed by atoms with Crippen LogP contribution in [0.4, 0.5) is 0 Å². The molecule has 1 aromatic rings. The molecular weight excluding hydrogens is 379 g/mol. The van der Waals surface area contributed by atoms with E-state index in [1.54, 1.807) is 12.1 Å². The second-order valence-electron chi connectivity index (χ2n) is 2.88. The van der Waals surface area contributed by atoms with E-state index in [4.69, 9.17) is 14.6 Å². The number of ether oxygens (including phenoxy) is 2. The lowest BCUT2D eigenvalue weighted by Crippen LogP contribution is -2.07. The van der Waals surface area contributed by atoms with Crippen molar-refractivity contribution in [2.45, 2.75) is 6.92 Å². The number of carbonyl (C=O) groups is 1. The topological polar surface area (TPSA) is 55.8 Å². The lowest BCUT2D eigenvalue weighted by Gasteiger charge is -2.12. The van der Waals surface area contributed by atoms with Crippen LogP contribution in [0.5, 0.6) is 11.5 Å². The molecule has 0 radical (unpaired) electrons. The van der Waals surface area contributed by atoms with Crippen molar-refractivity contribution in [2.24, 2.45) is 0 Å². The van der Waals surface area contributed by atoms with Crippen molar-refractivity contribution in [3.8, 4) is 11.5 Å². The van der Waals surface area contributed by atoms with Gasteiger partial charge in [0, 0.05) is 11.4 Å². The Kier molecular flexibility index (Phi) is 7.78. The molecule has 0 saturated heterocycles. The SMILES string of the molecule is CC(=O)Oc1cc(Br)cc(Br)c1OCCO.Cl. The van der Waals surface area contributed by atoms with Crippen LogP contribution < -0.4 is 9.47 Å². The molecule has 7 heteroatoms. The summed E-state index contributed by atoms with van der Waals surface area (Å²) >= 11 is 6.57. The average Bonchev–Trinajstić information content (AvgIpc) is 2.15. The van der Waals surface area contributed by atoms with Gasteiger partial charge in [-0.15, -0.1) is 12.4 Å². The Morgan fingerprint density at radius 3 is 2.59 bits per heavy atom. The van der Waals surface area contributed by atoms with Crippen LogP contribution in [-0.2, 0) is 4.79 Å². The highest BCUT2D eigenvalue weighted by atomic mass is 79.9. The number of benzene rings is 1. The van der Waals surface area contributed by atoms with E-state index in [1.165, 1.54) is 6.92 Å². The minimum Gasteiger partial charge on any atom is -0.486 e. The molecule has 0 aliphatic carbocycles. The number of aliphatic hydroxyl groups excluding tert-OH is 1. The number of halogens is 3. The van der Waals surface area contributed by atoms with E-state index in [2.05, 4.69) is 31.9 Å². The summed E-state index contributed by atoms with van der Waals surface area (Å²) in [7, 11) is 0. The van der Waals surface area contributed by atoms with Gasteiger partial charge in [0.2, 0.25) is 0 Å². The molecule has 0 fully saturated rings. The summed E-state index contributed by atoms with van der Waals surface area (Å²) < 4.78 is 11.7. The van der Waals surface area contributed by atoms with E-state index < -0.39 is 5.97 Å². The molecule has 0 saturated carbocycles. The van der Waals surface area contributed by atoms with E-state index in [9.17, 15) is 4.79 Å². The van der Waals surface area contributed by atoms with Crippen molar-refractivity contribution in [1.29, 1.82) is 0 Å². The normalized spacial score (nSPS) is 9.41. The molecule has 1 N–H and O–H groups in total. The van der Waals surface area contributed by atoms with Gasteiger partial charge in [-0.25, -0.2) is 0 Å². The summed E-state index contributed by atoms with van der Waals surface area (Å²) in [4.78, 5) is 10.9. The molecule has 0 aromatic heterocycles. The van der Waals surface area contributed by atoms with Crippen LogP contribution in [-0.4, -0.2) is 24.3 Å². The maximum Gasteiger partial charge on any atom is 0.308 e. The fraction of sp³-hybridized carbons (Fsp3) is 0.300. The molecule has 17 heavy (non-hydrogen) atoms. The predicted octanol–water partition coefficient (Wildman–Crippen LogP) is 2.93. The fourth-order valence-electron chi connectivity index (χ4n) is 1.06. The third-order valence-electron chi connectivity index (χ3n) is 1.57. The van der Waals surface area contributed by atoms with Gasteiger partial charge in [-0.05, 0) is 28.1 Å². The van der Waals surface area contributed by atoms with Crippen molar-refractivity contribution in [3.63, 3.8) is 0 Å². The average molecular weight is 390 g/mol. The molecule has 0 aliphatic rings. The molecule has 0 heterocycles. The highest BCUT2D eigenvalue weighted by Crippen LogP contribution is 2.38. The second kappa shape index (κ2) is 7.92. The van der Waals surface area contributed by atoms with Crippen LogP contribution >= 0.6 is 44.3 Å². The summed E-state index contributed by atoms with van der Waals surface area (Å²) in [5.74, 6) is 0.272. The third kappa shape index (κ3) is 5.25. The molecule has 0 bridgehead atoms. The number of aliphatic hydroxyl groups is 1. The van der Waals surface area contributed by atoms with E-state index >= 15 is 0 Å². The molecule has 0 aliphatic heterocycles. The van der Waals surface area contributed by atoms with Gasteiger partial charge in [0.1, 0.15) is 6.61 Å². The smallest absolute Gasteiger partial charge is 0.308 e. The van der Waals surface area contributed by atoms with Crippen LogP contribution in [0.1, 0.15) is 6.92 Å². The quantitative estimate of drug-likeness (QED) is 0.635. The van der Waals surface area contributed by atoms with E-state index in [0.29, 0.717) is 16.0 Å². The number of hydrogen-bond acceptors (Lipinski definition) is 4. The maximum atomic E-state index is 10.9. The van der Waals surface area contributed by atoms with Crippen molar-refractivity contribution >= 4 is 50.2 Å². The molecule has 96 valence electrons. The van der Waals surface area contributed by atoms with E-state index in [-0.39, 0.29) is 25.6 Å². The van der Waals surface area contributed by atoms with Crippen LogP contribution in [0, 0.1) is 0 Å². The highest BCUT2D eigenvalue weighted by Gasteiger charge is 2.13. The van der Waals surface area contributed by atoms with Crippen LogP contribution in [0.3, 0.4) is 0 Å². The van der Waals surface area contributed by atoms with Gasteiger partial charge >= 0.3 is 5.97 Å². The Hall–Kier alpha value is -0.300. The zero-order valence-electron chi connectivity index (χ0n) is 8.91. The van der Waals surface area contributed by atoms with Crippen molar-refractivity contribution in [1.82, 2.24) is 0 Å². The predicted molar refractivity (Wildman–Crippen MR) is 73.0 cm³/mol. The third-order valence-corrected chi connectivity index (χ3v) is 2.61. The van der Waals surface area contributed by atoms with Crippen LogP contribution in [0.15, 0.2) is 21.1 Å². The standard InChI is InChI=1S/C10H10Br2O4.ClH/c1-6(14)16-9-5-7(11)4-8(12)10(9)15-3-2-13;/h4-5,13H,2-3H2,1H3;1H. The number of esters is 1. The number of hydrogen-bond donors (Lipinski definition) is 1. The summed E-state index contributed by atoms with van der Waals surface area (Å²) in [6, 6.07) is 3.39. The first-order valence-electron chi connectivity index (χ1n) is 4.45. The highest BCUT2D eigenvalue weighted by molar-refractivity contribution is 9.11. The number of carbonyl (C=O) groups excluding carboxylic acids is 1. The first-order valence-corrected chi connectivity index (χ1v) is 6.04. The molecule has 0 amide bonds. The number of rotatable bonds is 4. The summed E-state index contributed by atoms with van der Waals surface area (Å²) in [6.07, 6.45) is 0. The molecule has 0 spiro atoms. The fourth-order valence-corrected chi connectivity index (χ4v) is 2.36. The van der Waals surface area contributed by atoms with Gasteiger partial charge in [-0.1, -0.05) is 15.9 Å². The van der Waals surface area contributed by atoms with Gasteiger partial charge in [0.25, 0.3) is 0 Å². The van der Waals surface area contributed by atoms with Gasteiger partial charge in [-0.3, -0.25) is 4.79 Å². The van der Waals surface area contributed by atoms with Gasteiger partial charge in [-0.2, -0.15) is 0 Å². The van der Waals surface area contributed by atoms with E-state index in [1.807, 2.05) is 0 Å². The summed E-state index contributed by atoms with van der Waals surface area (Å²) in [5.41, 5.74) is 0. The largest absolute Gasteiger partial charge is 0.486 e. The molecule has 4 nitrogen and oxygen atoms in total. The van der Waals surface area contributed by atoms with Crippen molar-refractivity contribution in [3.05, 3.63) is 21.1 Å². The Morgan fingerprint density at radius 2 is 2.06 bits per heavy atom. The van der Waals surface area contributed by atoms with Crippen molar-refractivity contribution in [2.75, 3.05) is 13.2 Å². The first-order chi connectivity index (χ1) is 7.54. The Labute approximate surface area is 122 Å². The van der Waals surface area contributed by atoms with Gasteiger partial charge in [0.15, 0.2) is 11.5 Å². The van der Waals surface area contributed by atoms with Crippen LogP contribution in [0.25, 0.3) is 0 Å². The van der Waals surface area contributed by atoms with Crippen LogP contribution in [0.2, 0.25) is 0 Å². The Bertz CT molecular complexity index is 398. The minimum absolute atomic E-state index is 0. The Morgan fingerprint density at radius 1 is 1.41 bits per heavy atom. The van der Waals surface area contributed by atoms with Gasteiger partial charge in [0.05, 0.1) is 11.1 Å².